The Morgan fingerprint density at radius 3 is 2.41 bits per heavy atom. The molecule has 2 heterocycles. The van der Waals surface area contributed by atoms with E-state index in [1.165, 1.54) is 0 Å². The molecule has 6 nitrogen and oxygen atoms in total. The number of carbonyl (C=O) groups excluding carboxylic acids is 1. The molecule has 6 heteroatoms. The van der Waals surface area contributed by atoms with Crippen LogP contribution in [0, 0.1) is 11.8 Å². The van der Waals surface area contributed by atoms with Crippen LogP contribution < -0.4 is 5.32 Å². The molecule has 1 saturated carbocycles. The molecular weight excluding hydrogens is 486 g/mol. The summed E-state index contributed by atoms with van der Waals surface area (Å²) in [6, 6.07) is 28.5. The van der Waals surface area contributed by atoms with Crippen LogP contribution in [0.2, 0.25) is 0 Å². The third-order valence-corrected chi connectivity index (χ3v) is 7.95. The maximum atomic E-state index is 13.7. The van der Waals surface area contributed by atoms with Crippen molar-refractivity contribution < 1.29 is 14.7 Å². The largest absolute Gasteiger partial charge is 0.481 e. The van der Waals surface area contributed by atoms with E-state index in [4.69, 9.17) is 4.98 Å². The first-order chi connectivity index (χ1) is 19.0. The molecule has 2 aromatic heterocycles. The minimum Gasteiger partial charge on any atom is -0.481 e. The van der Waals surface area contributed by atoms with E-state index in [0.29, 0.717) is 37.4 Å². The highest BCUT2D eigenvalue weighted by Gasteiger charge is 2.26. The zero-order valence-electron chi connectivity index (χ0n) is 21.7. The summed E-state index contributed by atoms with van der Waals surface area (Å²) in [5.41, 5.74) is 5.46. The fourth-order valence-corrected chi connectivity index (χ4v) is 5.77. The summed E-state index contributed by atoms with van der Waals surface area (Å²) >= 11 is 0. The molecule has 2 N–H and O–H groups in total. The monoisotopic (exact) mass is 517 g/mol. The van der Waals surface area contributed by atoms with Crippen LogP contribution in [0.5, 0.6) is 0 Å². The number of carboxylic acid groups (broad SMARTS) is 1. The molecule has 1 fully saturated rings. The standard InChI is InChI=1S/C33H31N3O3/c37-32(34-20-22-10-12-25(13-11-22)33(38)39)29-19-27(23-6-2-1-3-7-23)18-26-16-17-36(31(26)29)21-28-15-14-24-8-4-5-9-30(24)35-28/h1-9,14-19,22,25H,10-13,20-21H2,(H,34,37)(H,38,39). The molecule has 39 heavy (non-hydrogen) atoms. The Bertz CT molecular complexity index is 1650. The third kappa shape index (κ3) is 5.28. The van der Waals surface area contributed by atoms with Gasteiger partial charge in [0.15, 0.2) is 0 Å². The van der Waals surface area contributed by atoms with Gasteiger partial charge in [0.2, 0.25) is 0 Å². The molecule has 1 amide bonds. The SMILES string of the molecule is O=C(NCC1CCC(C(=O)O)CC1)c1cc(-c2ccccc2)cc2ccn(Cc3ccc4ccccc4n3)c12. The molecule has 1 aliphatic carbocycles. The molecule has 0 spiro atoms. The van der Waals surface area contributed by atoms with E-state index in [9.17, 15) is 14.7 Å². The lowest BCUT2D eigenvalue weighted by atomic mass is 9.82. The molecule has 1 aliphatic rings. The third-order valence-electron chi connectivity index (χ3n) is 7.95. The average Bonchev–Trinajstić information content (AvgIpc) is 3.38. The van der Waals surface area contributed by atoms with Crippen molar-refractivity contribution in [2.75, 3.05) is 6.54 Å². The second-order valence-electron chi connectivity index (χ2n) is 10.5. The number of hydrogen-bond donors (Lipinski definition) is 2. The Kier molecular flexibility index (Phi) is 6.84. The van der Waals surface area contributed by atoms with Crippen LogP contribution in [0.25, 0.3) is 32.9 Å². The van der Waals surface area contributed by atoms with Gasteiger partial charge in [-0.2, -0.15) is 0 Å². The summed E-state index contributed by atoms with van der Waals surface area (Å²) in [6.45, 7) is 1.10. The number of nitrogens with zero attached hydrogens (tertiary/aromatic N) is 2. The van der Waals surface area contributed by atoms with Gasteiger partial charge >= 0.3 is 5.97 Å². The van der Waals surface area contributed by atoms with Gasteiger partial charge in [-0.15, -0.1) is 0 Å². The minimum absolute atomic E-state index is 0.107. The van der Waals surface area contributed by atoms with Crippen molar-refractivity contribution in [1.29, 1.82) is 0 Å². The molecule has 0 aliphatic heterocycles. The second kappa shape index (κ2) is 10.7. The number of nitrogens with one attached hydrogen (secondary N) is 1. The number of carboxylic acids is 1. The fraction of sp³-hybridized carbons (Fsp3) is 0.242. The van der Waals surface area contributed by atoms with Crippen molar-refractivity contribution in [3.63, 3.8) is 0 Å². The van der Waals surface area contributed by atoms with E-state index < -0.39 is 5.97 Å². The van der Waals surface area contributed by atoms with Gasteiger partial charge in [0, 0.05) is 23.5 Å². The lowest BCUT2D eigenvalue weighted by Gasteiger charge is -2.26. The molecule has 3 aromatic carbocycles. The van der Waals surface area contributed by atoms with Gasteiger partial charge in [-0.05, 0) is 73.1 Å². The van der Waals surface area contributed by atoms with Crippen LogP contribution in [-0.2, 0) is 11.3 Å². The number of aromatic nitrogens is 2. The highest BCUT2D eigenvalue weighted by Crippen LogP contribution is 2.31. The van der Waals surface area contributed by atoms with Crippen molar-refractivity contribution in [1.82, 2.24) is 14.9 Å². The highest BCUT2D eigenvalue weighted by molar-refractivity contribution is 6.08. The Morgan fingerprint density at radius 1 is 0.846 bits per heavy atom. The lowest BCUT2D eigenvalue weighted by molar-refractivity contribution is -0.143. The summed E-state index contributed by atoms with van der Waals surface area (Å²) in [5.74, 6) is -0.777. The van der Waals surface area contributed by atoms with Crippen molar-refractivity contribution in [3.05, 3.63) is 102 Å². The smallest absolute Gasteiger partial charge is 0.306 e. The molecule has 0 bridgehead atoms. The summed E-state index contributed by atoms with van der Waals surface area (Å²) in [4.78, 5) is 29.9. The first kappa shape index (κ1) is 24.9. The van der Waals surface area contributed by atoms with E-state index in [0.717, 1.165) is 51.5 Å². The van der Waals surface area contributed by atoms with Gasteiger partial charge in [-0.25, -0.2) is 0 Å². The van der Waals surface area contributed by atoms with E-state index >= 15 is 0 Å². The quantitative estimate of drug-likeness (QED) is 0.257. The molecular formula is C33H31N3O3. The topological polar surface area (TPSA) is 84.2 Å². The zero-order valence-corrected chi connectivity index (χ0v) is 21.7. The molecule has 0 saturated heterocycles. The first-order valence-corrected chi connectivity index (χ1v) is 13.6. The zero-order chi connectivity index (χ0) is 26.8. The van der Waals surface area contributed by atoms with Gasteiger partial charge < -0.3 is 15.0 Å². The second-order valence-corrected chi connectivity index (χ2v) is 10.5. The van der Waals surface area contributed by atoms with Crippen LogP contribution in [0.1, 0.15) is 41.7 Å². The normalized spacial score (nSPS) is 17.3. The fourth-order valence-electron chi connectivity index (χ4n) is 5.77. The van der Waals surface area contributed by atoms with Gasteiger partial charge in [-0.3, -0.25) is 14.6 Å². The summed E-state index contributed by atoms with van der Waals surface area (Å²) in [7, 11) is 0. The van der Waals surface area contributed by atoms with Crippen LogP contribution in [0.15, 0.2) is 91.1 Å². The van der Waals surface area contributed by atoms with Crippen molar-refractivity contribution >= 4 is 33.7 Å². The van der Waals surface area contributed by atoms with Crippen LogP contribution >= 0.6 is 0 Å². The number of carbonyl (C=O) groups is 2. The van der Waals surface area contributed by atoms with Crippen molar-refractivity contribution in [3.8, 4) is 11.1 Å². The number of amides is 1. The van der Waals surface area contributed by atoms with Gasteiger partial charge in [0.1, 0.15) is 0 Å². The number of hydrogen-bond acceptors (Lipinski definition) is 3. The summed E-state index contributed by atoms with van der Waals surface area (Å²) in [5, 5.41) is 14.6. The number of para-hydroxylation sites is 1. The van der Waals surface area contributed by atoms with E-state index in [1.807, 2.05) is 54.7 Å². The molecule has 0 atom stereocenters. The predicted molar refractivity (Wildman–Crippen MR) is 154 cm³/mol. The van der Waals surface area contributed by atoms with E-state index in [1.54, 1.807) is 0 Å². The number of rotatable bonds is 7. The van der Waals surface area contributed by atoms with E-state index in [2.05, 4.69) is 46.3 Å². The number of fused-ring (bicyclic) bond motifs is 2. The summed E-state index contributed by atoms with van der Waals surface area (Å²) in [6.07, 6.45) is 5.01. The van der Waals surface area contributed by atoms with Crippen LogP contribution in [0.3, 0.4) is 0 Å². The molecule has 0 unspecified atom stereocenters. The Labute approximate surface area is 227 Å². The molecule has 6 rings (SSSR count). The maximum Gasteiger partial charge on any atom is 0.306 e. The van der Waals surface area contributed by atoms with Crippen LogP contribution in [-0.4, -0.2) is 33.1 Å². The van der Waals surface area contributed by atoms with Crippen LogP contribution in [0.4, 0.5) is 0 Å². The Hall–Kier alpha value is -4.45. The molecule has 196 valence electrons. The Balaban J connectivity index is 1.31. The number of pyridine rings is 1. The van der Waals surface area contributed by atoms with Crippen molar-refractivity contribution in [2.24, 2.45) is 11.8 Å². The van der Waals surface area contributed by atoms with Gasteiger partial charge in [-0.1, -0.05) is 54.6 Å². The first-order valence-electron chi connectivity index (χ1n) is 13.6. The summed E-state index contributed by atoms with van der Waals surface area (Å²) < 4.78 is 2.11. The lowest BCUT2D eigenvalue weighted by Crippen LogP contribution is -2.32. The van der Waals surface area contributed by atoms with Crippen molar-refractivity contribution in [2.45, 2.75) is 32.2 Å². The van der Waals surface area contributed by atoms with E-state index in [-0.39, 0.29) is 11.8 Å². The predicted octanol–water partition coefficient (Wildman–Crippen LogP) is 6.53. The number of aliphatic carboxylic acids is 1. The molecule has 5 aromatic rings. The highest BCUT2D eigenvalue weighted by atomic mass is 16.4. The maximum absolute atomic E-state index is 13.7. The molecule has 0 radical (unpaired) electrons. The van der Waals surface area contributed by atoms with Gasteiger partial charge in [0.05, 0.1) is 34.8 Å². The van der Waals surface area contributed by atoms with Gasteiger partial charge in [0.25, 0.3) is 5.91 Å². The number of benzene rings is 3. The Morgan fingerprint density at radius 2 is 1.62 bits per heavy atom. The average molecular weight is 518 g/mol. The minimum atomic E-state index is -0.709.